The lowest BCUT2D eigenvalue weighted by Crippen LogP contribution is -2.61. The van der Waals surface area contributed by atoms with Crippen LogP contribution in [0.2, 0.25) is 0 Å². The van der Waals surface area contributed by atoms with Gasteiger partial charge in [0.15, 0.2) is 0 Å². The van der Waals surface area contributed by atoms with Crippen molar-refractivity contribution in [3.63, 3.8) is 0 Å². The molecule has 0 bridgehead atoms. The van der Waals surface area contributed by atoms with Gasteiger partial charge in [-0.15, -0.1) is 0 Å². The summed E-state index contributed by atoms with van der Waals surface area (Å²) in [5, 5.41) is 0. The molecule has 94 valence electrons. The Morgan fingerprint density at radius 2 is 2.00 bits per heavy atom. The maximum absolute atomic E-state index is 6.12. The topological polar surface area (TPSA) is 35.2 Å². The van der Waals surface area contributed by atoms with Crippen LogP contribution in [0.1, 0.15) is 26.7 Å². The molecular formula is C13H17Br2NO. The summed E-state index contributed by atoms with van der Waals surface area (Å²) >= 11 is 7.03. The zero-order chi connectivity index (χ0) is 12.6. The summed E-state index contributed by atoms with van der Waals surface area (Å²) in [5.74, 6) is 0.879. The van der Waals surface area contributed by atoms with Gasteiger partial charge in [0.05, 0.1) is 8.95 Å². The molecular weight excluding hydrogens is 346 g/mol. The lowest BCUT2D eigenvalue weighted by molar-refractivity contribution is -0.0567. The van der Waals surface area contributed by atoms with Crippen LogP contribution in [0.15, 0.2) is 27.1 Å². The van der Waals surface area contributed by atoms with E-state index in [1.807, 2.05) is 18.2 Å². The number of benzene rings is 1. The minimum atomic E-state index is 0.0920. The standard InChI is InChI=1S/C13H17Br2NO/c1-3-13(2)10(16)7-11(13)17-12-8(14)5-4-6-9(12)15/h4-6,10-11H,3,7,16H2,1-2H3. The molecule has 0 amide bonds. The third-order valence-electron chi connectivity index (χ3n) is 3.99. The fourth-order valence-electron chi connectivity index (χ4n) is 2.26. The highest BCUT2D eigenvalue weighted by Crippen LogP contribution is 2.46. The molecule has 2 nitrogen and oxygen atoms in total. The van der Waals surface area contributed by atoms with Crippen LogP contribution in [0.5, 0.6) is 5.75 Å². The van der Waals surface area contributed by atoms with Gasteiger partial charge in [-0.25, -0.2) is 0 Å². The number of hydrogen-bond acceptors (Lipinski definition) is 2. The maximum atomic E-state index is 6.12. The summed E-state index contributed by atoms with van der Waals surface area (Å²) in [6.45, 7) is 4.38. The van der Waals surface area contributed by atoms with E-state index in [9.17, 15) is 0 Å². The van der Waals surface area contributed by atoms with Crippen molar-refractivity contribution in [2.45, 2.75) is 38.8 Å². The summed E-state index contributed by atoms with van der Waals surface area (Å²) in [4.78, 5) is 0. The second-order valence-electron chi connectivity index (χ2n) is 4.86. The first-order valence-corrected chi connectivity index (χ1v) is 7.44. The Hall–Kier alpha value is -0.0600. The molecule has 0 heterocycles. The van der Waals surface area contributed by atoms with Crippen LogP contribution in [0, 0.1) is 5.41 Å². The first-order chi connectivity index (χ1) is 7.99. The second kappa shape index (κ2) is 4.90. The van der Waals surface area contributed by atoms with Gasteiger partial charge in [0.25, 0.3) is 0 Å². The Kier molecular flexibility index (Phi) is 3.86. The second-order valence-corrected chi connectivity index (χ2v) is 6.57. The number of halogens is 2. The lowest BCUT2D eigenvalue weighted by Gasteiger charge is -2.51. The van der Waals surface area contributed by atoms with E-state index in [4.69, 9.17) is 10.5 Å². The van der Waals surface area contributed by atoms with Gasteiger partial charge in [0, 0.05) is 17.9 Å². The van der Waals surface area contributed by atoms with E-state index in [0.29, 0.717) is 0 Å². The maximum Gasteiger partial charge on any atom is 0.148 e. The van der Waals surface area contributed by atoms with Crippen LogP contribution in [0.25, 0.3) is 0 Å². The van der Waals surface area contributed by atoms with Gasteiger partial charge < -0.3 is 10.5 Å². The molecule has 2 N–H and O–H groups in total. The molecule has 0 spiro atoms. The molecule has 1 aromatic carbocycles. The SMILES string of the molecule is CCC1(C)C(N)CC1Oc1c(Br)cccc1Br. The Bertz CT molecular complexity index is 404. The zero-order valence-corrected chi connectivity index (χ0v) is 13.2. The molecule has 0 aliphatic heterocycles. The largest absolute Gasteiger partial charge is 0.487 e. The van der Waals surface area contributed by atoms with E-state index in [-0.39, 0.29) is 17.6 Å². The fourth-order valence-corrected chi connectivity index (χ4v) is 3.44. The molecule has 1 saturated carbocycles. The van der Waals surface area contributed by atoms with Gasteiger partial charge in [0.2, 0.25) is 0 Å². The van der Waals surface area contributed by atoms with E-state index >= 15 is 0 Å². The van der Waals surface area contributed by atoms with Crippen molar-refractivity contribution >= 4 is 31.9 Å². The molecule has 1 aromatic rings. The van der Waals surface area contributed by atoms with Crippen LogP contribution in [-0.4, -0.2) is 12.1 Å². The molecule has 1 aliphatic rings. The number of para-hydroxylation sites is 1. The van der Waals surface area contributed by atoms with E-state index in [0.717, 1.165) is 27.5 Å². The number of hydrogen-bond donors (Lipinski definition) is 1. The van der Waals surface area contributed by atoms with Crippen molar-refractivity contribution in [2.75, 3.05) is 0 Å². The third kappa shape index (κ3) is 2.27. The summed E-state index contributed by atoms with van der Waals surface area (Å²) in [6, 6.07) is 6.20. The smallest absolute Gasteiger partial charge is 0.148 e. The molecule has 2 rings (SSSR count). The minimum absolute atomic E-state index is 0.0920. The van der Waals surface area contributed by atoms with Crippen molar-refractivity contribution < 1.29 is 4.74 Å². The van der Waals surface area contributed by atoms with Gasteiger partial charge in [-0.2, -0.15) is 0 Å². The summed E-state index contributed by atoms with van der Waals surface area (Å²) in [6.07, 6.45) is 2.18. The molecule has 3 unspecified atom stereocenters. The number of nitrogens with two attached hydrogens (primary N) is 1. The van der Waals surface area contributed by atoms with Crippen LogP contribution in [-0.2, 0) is 0 Å². The highest BCUT2D eigenvalue weighted by molar-refractivity contribution is 9.11. The Morgan fingerprint density at radius 1 is 1.41 bits per heavy atom. The lowest BCUT2D eigenvalue weighted by atomic mass is 9.62. The van der Waals surface area contributed by atoms with Gasteiger partial charge in [-0.3, -0.25) is 0 Å². The Morgan fingerprint density at radius 3 is 2.47 bits per heavy atom. The van der Waals surface area contributed by atoms with Crippen molar-refractivity contribution in [1.82, 2.24) is 0 Å². The van der Waals surface area contributed by atoms with E-state index in [2.05, 4.69) is 45.7 Å². The average molecular weight is 363 g/mol. The Labute approximate surface area is 119 Å². The zero-order valence-electron chi connectivity index (χ0n) is 10.0. The first-order valence-electron chi connectivity index (χ1n) is 5.85. The van der Waals surface area contributed by atoms with Crippen LogP contribution in [0.4, 0.5) is 0 Å². The van der Waals surface area contributed by atoms with E-state index in [1.165, 1.54) is 0 Å². The predicted molar refractivity (Wildman–Crippen MR) is 77.2 cm³/mol. The molecule has 1 aliphatic carbocycles. The van der Waals surface area contributed by atoms with Gasteiger partial charge in [0.1, 0.15) is 11.9 Å². The molecule has 3 atom stereocenters. The first kappa shape index (κ1) is 13.4. The fraction of sp³-hybridized carbons (Fsp3) is 0.538. The number of ether oxygens (including phenoxy) is 1. The summed E-state index contributed by atoms with van der Waals surface area (Å²) in [7, 11) is 0. The van der Waals surface area contributed by atoms with Crippen molar-refractivity contribution in [3.05, 3.63) is 27.1 Å². The minimum Gasteiger partial charge on any atom is -0.487 e. The van der Waals surface area contributed by atoms with E-state index in [1.54, 1.807) is 0 Å². The third-order valence-corrected chi connectivity index (χ3v) is 5.24. The van der Waals surface area contributed by atoms with Gasteiger partial charge >= 0.3 is 0 Å². The van der Waals surface area contributed by atoms with Crippen molar-refractivity contribution in [3.8, 4) is 5.75 Å². The average Bonchev–Trinajstić information content (AvgIpc) is 2.31. The highest BCUT2D eigenvalue weighted by Gasteiger charge is 2.50. The predicted octanol–water partition coefficient (Wildman–Crippen LogP) is 4.11. The monoisotopic (exact) mass is 361 g/mol. The Balaban J connectivity index is 2.18. The van der Waals surface area contributed by atoms with Crippen LogP contribution in [0.3, 0.4) is 0 Å². The summed E-state index contributed by atoms with van der Waals surface area (Å²) in [5.41, 5.74) is 6.18. The number of rotatable bonds is 3. The van der Waals surface area contributed by atoms with Crippen LogP contribution >= 0.6 is 31.9 Å². The van der Waals surface area contributed by atoms with Gasteiger partial charge in [-0.1, -0.05) is 19.9 Å². The van der Waals surface area contributed by atoms with Crippen molar-refractivity contribution in [1.29, 1.82) is 0 Å². The quantitative estimate of drug-likeness (QED) is 0.878. The summed E-state index contributed by atoms with van der Waals surface area (Å²) < 4.78 is 8.07. The van der Waals surface area contributed by atoms with Gasteiger partial charge in [-0.05, 0) is 50.4 Å². The molecule has 0 radical (unpaired) electrons. The normalized spacial score (nSPS) is 32.1. The molecule has 0 aromatic heterocycles. The molecule has 0 saturated heterocycles. The molecule has 4 heteroatoms. The van der Waals surface area contributed by atoms with E-state index < -0.39 is 0 Å². The molecule has 1 fully saturated rings. The van der Waals surface area contributed by atoms with Crippen LogP contribution < -0.4 is 10.5 Å². The highest BCUT2D eigenvalue weighted by atomic mass is 79.9. The molecule has 17 heavy (non-hydrogen) atoms. The van der Waals surface area contributed by atoms with Crippen molar-refractivity contribution in [2.24, 2.45) is 11.1 Å².